The maximum absolute atomic E-state index is 8.88. The third-order valence-corrected chi connectivity index (χ3v) is 3.36. The first kappa shape index (κ1) is 13.9. The minimum absolute atomic E-state index is 0.0361. The molecule has 0 amide bonds. The molecular weight excluding hydrogens is 252 g/mol. The maximum Gasteiger partial charge on any atom is 0.173 e. The largest absolute Gasteiger partial charge is 0.456 e. The maximum atomic E-state index is 8.88. The molecule has 0 unspecified atom stereocenters. The molecule has 0 fully saturated rings. The van der Waals surface area contributed by atoms with Crippen molar-refractivity contribution in [2.24, 2.45) is 10.9 Å². The number of nitrogens with two attached hydrogens (primary N) is 1. The molecule has 0 saturated carbocycles. The van der Waals surface area contributed by atoms with E-state index >= 15 is 0 Å². The number of ether oxygens (including phenoxy) is 1. The smallest absolute Gasteiger partial charge is 0.173 e. The van der Waals surface area contributed by atoms with Crippen LogP contribution in [0, 0.1) is 20.8 Å². The summed E-state index contributed by atoms with van der Waals surface area (Å²) in [5, 5.41) is 11.9. The lowest BCUT2D eigenvalue weighted by atomic mass is 10.1. The average Bonchev–Trinajstić information content (AvgIpc) is 2.45. The van der Waals surface area contributed by atoms with Crippen molar-refractivity contribution in [2.45, 2.75) is 20.8 Å². The van der Waals surface area contributed by atoms with Gasteiger partial charge in [0.25, 0.3) is 0 Å². The van der Waals surface area contributed by atoms with Crippen LogP contribution in [0.2, 0.25) is 0 Å². The summed E-state index contributed by atoms with van der Waals surface area (Å²) in [6, 6.07) is 11.4. The number of hydrogen-bond acceptors (Lipinski definition) is 3. The van der Waals surface area contributed by atoms with E-state index in [0.29, 0.717) is 11.3 Å². The quantitative estimate of drug-likeness (QED) is 0.388. The minimum Gasteiger partial charge on any atom is -0.456 e. The second-order valence-corrected chi connectivity index (χ2v) is 4.74. The molecule has 0 aliphatic rings. The zero-order valence-electron chi connectivity index (χ0n) is 11.8. The summed E-state index contributed by atoms with van der Waals surface area (Å²) in [5.41, 5.74) is 9.43. The van der Waals surface area contributed by atoms with Crippen molar-refractivity contribution < 1.29 is 9.94 Å². The van der Waals surface area contributed by atoms with Gasteiger partial charge in [0, 0.05) is 0 Å². The molecule has 3 N–H and O–H groups in total. The minimum atomic E-state index is 0.0361. The molecular formula is C16H18N2O2. The molecule has 0 atom stereocenters. The average molecular weight is 270 g/mol. The first-order chi connectivity index (χ1) is 9.54. The molecule has 0 bridgehead atoms. The van der Waals surface area contributed by atoms with Crippen molar-refractivity contribution in [1.29, 1.82) is 0 Å². The topological polar surface area (TPSA) is 67.8 Å². The number of oxime groups is 1. The molecule has 0 saturated heterocycles. The fourth-order valence-electron chi connectivity index (χ4n) is 1.99. The van der Waals surface area contributed by atoms with Gasteiger partial charge in [0.05, 0.1) is 5.56 Å². The molecule has 2 aromatic rings. The van der Waals surface area contributed by atoms with E-state index in [9.17, 15) is 0 Å². The third kappa shape index (κ3) is 2.59. The van der Waals surface area contributed by atoms with Gasteiger partial charge in [-0.3, -0.25) is 0 Å². The Morgan fingerprint density at radius 3 is 2.40 bits per heavy atom. The van der Waals surface area contributed by atoms with E-state index < -0.39 is 0 Å². The molecule has 0 spiro atoms. The summed E-state index contributed by atoms with van der Waals surface area (Å²) < 4.78 is 6.00. The number of nitrogens with zero attached hydrogens (tertiary/aromatic N) is 1. The molecule has 0 heterocycles. The Hall–Kier alpha value is -2.49. The number of amidine groups is 1. The molecule has 2 rings (SSSR count). The van der Waals surface area contributed by atoms with Gasteiger partial charge in [-0.1, -0.05) is 29.4 Å². The molecule has 0 aliphatic carbocycles. The molecule has 0 aromatic heterocycles. The molecule has 0 aliphatic heterocycles. The SMILES string of the molecule is Cc1cccc(Oc2c(C)cccc2/C(N)=N/O)c1C. The number of hydrogen-bond donors (Lipinski definition) is 2. The van der Waals surface area contributed by atoms with E-state index in [-0.39, 0.29) is 5.84 Å². The molecule has 4 nitrogen and oxygen atoms in total. The number of rotatable bonds is 3. The van der Waals surface area contributed by atoms with Crippen molar-refractivity contribution in [3.8, 4) is 11.5 Å². The summed E-state index contributed by atoms with van der Waals surface area (Å²) in [7, 11) is 0. The second-order valence-electron chi connectivity index (χ2n) is 4.74. The Labute approximate surface area is 118 Å². The molecule has 4 heteroatoms. The van der Waals surface area contributed by atoms with E-state index in [1.165, 1.54) is 0 Å². The first-order valence-corrected chi connectivity index (χ1v) is 6.36. The van der Waals surface area contributed by atoms with Crippen LogP contribution in [-0.2, 0) is 0 Å². The highest BCUT2D eigenvalue weighted by Crippen LogP contribution is 2.31. The predicted molar refractivity (Wildman–Crippen MR) is 79.7 cm³/mol. The van der Waals surface area contributed by atoms with Crippen LogP contribution in [0.5, 0.6) is 11.5 Å². The van der Waals surface area contributed by atoms with Gasteiger partial charge in [-0.25, -0.2) is 0 Å². The van der Waals surface area contributed by atoms with Crippen molar-refractivity contribution in [2.75, 3.05) is 0 Å². The van der Waals surface area contributed by atoms with Gasteiger partial charge >= 0.3 is 0 Å². The fraction of sp³-hybridized carbons (Fsp3) is 0.188. The molecule has 104 valence electrons. The Bertz CT molecular complexity index is 664. The van der Waals surface area contributed by atoms with E-state index in [2.05, 4.69) is 5.16 Å². The van der Waals surface area contributed by atoms with E-state index in [1.807, 2.05) is 51.1 Å². The summed E-state index contributed by atoms with van der Waals surface area (Å²) >= 11 is 0. The van der Waals surface area contributed by atoms with Crippen molar-refractivity contribution in [3.63, 3.8) is 0 Å². The summed E-state index contributed by atoms with van der Waals surface area (Å²) in [4.78, 5) is 0. The van der Waals surface area contributed by atoms with Crippen molar-refractivity contribution in [3.05, 3.63) is 58.7 Å². The highest BCUT2D eigenvalue weighted by atomic mass is 16.5. The Morgan fingerprint density at radius 1 is 1.05 bits per heavy atom. The van der Waals surface area contributed by atoms with Crippen LogP contribution in [-0.4, -0.2) is 11.0 Å². The van der Waals surface area contributed by atoms with Crippen LogP contribution in [0.15, 0.2) is 41.6 Å². The van der Waals surface area contributed by atoms with Crippen molar-refractivity contribution in [1.82, 2.24) is 0 Å². The monoisotopic (exact) mass is 270 g/mol. The number of para-hydroxylation sites is 1. The molecule has 2 aromatic carbocycles. The number of aryl methyl sites for hydroxylation is 2. The van der Waals surface area contributed by atoms with Gasteiger partial charge in [0.2, 0.25) is 0 Å². The zero-order valence-corrected chi connectivity index (χ0v) is 11.8. The highest BCUT2D eigenvalue weighted by Gasteiger charge is 2.13. The van der Waals surface area contributed by atoms with Gasteiger partial charge < -0.3 is 15.7 Å². The number of benzene rings is 2. The first-order valence-electron chi connectivity index (χ1n) is 6.36. The highest BCUT2D eigenvalue weighted by molar-refractivity contribution is 6.00. The summed E-state index contributed by atoms with van der Waals surface area (Å²) in [6.45, 7) is 5.96. The lowest BCUT2D eigenvalue weighted by Crippen LogP contribution is -2.14. The Kier molecular flexibility index (Phi) is 3.94. The van der Waals surface area contributed by atoms with Crippen LogP contribution in [0.4, 0.5) is 0 Å². The standard InChI is InChI=1S/C16H18N2O2/c1-10-6-5-9-14(12(10)3)20-15-11(2)7-4-8-13(15)16(17)18-19/h4-9,19H,1-3H3,(H2,17,18). The predicted octanol–water partition coefficient (Wildman–Crippen LogP) is 3.50. The van der Waals surface area contributed by atoms with Crippen molar-refractivity contribution >= 4 is 5.84 Å². The van der Waals surface area contributed by atoms with E-state index in [0.717, 1.165) is 22.4 Å². The summed E-state index contributed by atoms with van der Waals surface area (Å²) in [5.74, 6) is 1.41. The van der Waals surface area contributed by atoms with Crippen LogP contribution >= 0.6 is 0 Å². The van der Waals surface area contributed by atoms with E-state index in [1.54, 1.807) is 6.07 Å². The van der Waals surface area contributed by atoms with Gasteiger partial charge in [0.15, 0.2) is 5.84 Å². The Morgan fingerprint density at radius 2 is 1.70 bits per heavy atom. The van der Waals surface area contributed by atoms with Crippen LogP contribution in [0.3, 0.4) is 0 Å². The van der Waals surface area contributed by atoms with Crippen LogP contribution in [0.25, 0.3) is 0 Å². The lowest BCUT2D eigenvalue weighted by Gasteiger charge is -2.15. The summed E-state index contributed by atoms with van der Waals surface area (Å²) in [6.07, 6.45) is 0. The van der Waals surface area contributed by atoms with E-state index in [4.69, 9.17) is 15.7 Å². The van der Waals surface area contributed by atoms with Gasteiger partial charge in [-0.05, 0) is 49.6 Å². The fourth-order valence-corrected chi connectivity index (χ4v) is 1.99. The van der Waals surface area contributed by atoms with Crippen LogP contribution < -0.4 is 10.5 Å². The lowest BCUT2D eigenvalue weighted by molar-refractivity contribution is 0.318. The van der Waals surface area contributed by atoms with Gasteiger partial charge in [-0.2, -0.15) is 0 Å². The van der Waals surface area contributed by atoms with Crippen LogP contribution in [0.1, 0.15) is 22.3 Å². The van der Waals surface area contributed by atoms with Gasteiger partial charge in [-0.15, -0.1) is 0 Å². The second kappa shape index (κ2) is 5.65. The normalized spacial score (nSPS) is 11.4. The zero-order chi connectivity index (χ0) is 14.7. The molecule has 0 radical (unpaired) electrons. The molecule has 20 heavy (non-hydrogen) atoms. The third-order valence-electron chi connectivity index (χ3n) is 3.36. The Balaban J connectivity index is 2.51. The van der Waals surface area contributed by atoms with Gasteiger partial charge in [0.1, 0.15) is 11.5 Å².